The number of fused-ring (bicyclic) bond motifs is 1. The summed E-state index contributed by atoms with van der Waals surface area (Å²) >= 11 is 0. The van der Waals surface area contributed by atoms with Gasteiger partial charge in [-0.1, -0.05) is 19.9 Å². The second-order valence-corrected chi connectivity index (χ2v) is 6.94. The summed E-state index contributed by atoms with van der Waals surface area (Å²) in [7, 11) is 0. The van der Waals surface area contributed by atoms with Crippen molar-refractivity contribution >= 4 is 11.6 Å². The third-order valence-electron chi connectivity index (χ3n) is 4.41. The van der Waals surface area contributed by atoms with Crippen molar-refractivity contribution in [1.82, 2.24) is 40.1 Å². The van der Waals surface area contributed by atoms with Crippen molar-refractivity contribution < 1.29 is 4.79 Å². The third-order valence-corrected chi connectivity index (χ3v) is 4.41. The van der Waals surface area contributed by atoms with Gasteiger partial charge in [-0.2, -0.15) is 0 Å². The monoisotopic (exact) mass is 376 g/mol. The van der Waals surface area contributed by atoms with Gasteiger partial charge in [-0.05, 0) is 59.2 Å². The van der Waals surface area contributed by atoms with E-state index in [0.717, 1.165) is 23.6 Å². The van der Waals surface area contributed by atoms with Gasteiger partial charge in [-0.3, -0.25) is 9.20 Å². The van der Waals surface area contributed by atoms with Crippen molar-refractivity contribution in [1.29, 1.82) is 0 Å². The molecule has 9 heteroatoms. The van der Waals surface area contributed by atoms with E-state index in [2.05, 4.69) is 44.9 Å². The number of aromatic nitrogens is 7. The number of pyridine rings is 1. The highest BCUT2D eigenvalue weighted by molar-refractivity contribution is 5.94. The molecule has 28 heavy (non-hydrogen) atoms. The fourth-order valence-corrected chi connectivity index (χ4v) is 3.08. The molecule has 142 valence electrons. The second-order valence-electron chi connectivity index (χ2n) is 6.94. The summed E-state index contributed by atoms with van der Waals surface area (Å²) in [6, 6.07) is 12.6. The number of benzene rings is 1. The Labute approximate surface area is 161 Å². The second kappa shape index (κ2) is 7.55. The van der Waals surface area contributed by atoms with E-state index in [1.54, 1.807) is 24.3 Å². The quantitative estimate of drug-likeness (QED) is 0.553. The van der Waals surface area contributed by atoms with Crippen LogP contribution in [0.3, 0.4) is 0 Å². The summed E-state index contributed by atoms with van der Waals surface area (Å²) in [4.78, 5) is 12.8. The molecule has 0 bridgehead atoms. The first-order valence-electron chi connectivity index (χ1n) is 9.06. The topological polar surface area (TPSA) is 103 Å². The predicted octanol–water partition coefficient (Wildman–Crippen LogP) is 2.22. The van der Waals surface area contributed by atoms with Crippen LogP contribution in [0.4, 0.5) is 0 Å². The van der Waals surface area contributed by atoms with Crippen LogP contribution in [-0.2, 0) is 0 Å². The van der Waals surface area contributed by atoms with Gasteiger partial charge in [-0.15, -0.1) is 15.3 Å². The molecule has 0 fully saturated rings. The summed E-state index contributed by atoms with van der Waals surface area (Å²) in [5, 5.41) is 22.7. The van der Waals surface area contributed by atoms with Gasteiger partial charge < -0.3 is 5.32 Å². The normalized spacial score (nSPS) is 12.4. The van der Waals surface area contributed by atoms with Gasteiger partial charge in [0.05, 0.1) is 11.7 Å². The Hall–Kier alpha value is -3.62. The van der Waals surface area contributed by atoms with Gasteiger partial charge in [0.2, 0.25) is 0 Å². The molecule has 3 heterocycles. The molecule has 1 amide bonds. The van der Waals surface area contributed by atoms with E-state index in [1.807, 2.05) is 28.8 Å². The summed E-state index contributed by atoms with van der Waals surface area (Å²) in [6.07, 6.45) is 4.17. The first-order chi connectivity index (χ1) is 13.6. The van der Waals surface area contributed by atoms with Crippen LogP contribution in [0.2, 0.25) is 0 Å². The number of tetrazole rings is 1. The molecule has 4 aromatic rings. The Bertz CT molecular complexity index is 1070. The first-order valence-corrected chi connectivity index (χ1v) is 9.06. The van der Waals surface area contributed by atoms with Crippen LogP contribution in [-0.4, -0.2) is 40.7 Å². The lowest BCUT2D eigenvalue weighted by atomic mass is 10.0. The average molecular weight is 376 g/mol. The minimum absolute atomic E-state index is 0.165. The number of nitrogens with one attached hydrogen (secondary N) is 1. The van der Waals surface area contributed by atoms with E-state index in [9.17, 15) is 4.79 Å². The fraction of sp³-hybridized carbons (Fsp3) is 0.263. The lowest BCUT2D eigenvalue weighted by molar-refractivity contribution is 0.0929. The maximum atomic E-state index is 12.8. The summed E-state index contributed by atoms with van der Waals surface area (Å²) in [5.41, 5.74) is 2.09. The zero-order chi connectivity index (χ0) is 19.5. The Morgan fingerprint density at radius 1 is 1.11 bits per heavy atom. The van der Waals surface area contributed by atoms with E-state index in [0.29, 0.717) is 11.5 Å². The van der Waals surface area contributed by atoms with Crippen LogP contribution in [0.15, 0.2) is 55.0 Å². The zero-order valence-electron chi connectivity index (χ0n) is 15.6. The number of carbonyl (C=O) groups is 1. The smallest absolute Gasteiger partial charge is 0.251 e. The van der Waals surface area contributed by atoms with Crippen molar-refractivity contribution in [2.24, 2.45) is 5.92 Å². The molecule has 1 aromatic carbocycles. The van der Waals surface area contributed by atoms with E-state index in [1.165, 1.54) is 11.0 Å². The number of nitrogens with zero attached hydrogens (tertiary/aromatic N) is 7. The van der Waals surface area contributed by atoms with Gasteiger partial charge in [-0.25, -0.2) is 4.68 Å². The minimum Gasteiger partial charge on any atom is -0.342 e. The van der Waals surface area contributed by atoms with Crippen LogP contribution in [0.1, 0.15) is 42.5 Å². The first kappa shape index (κ1) is 17.8. The standard InChI is InChI=1S/C19H20N8O/c1-13(2)11-16(18-23-22-17-5-3-4-10-26(17)18)21-19(28)14-6-8-15(9-7-14)27-12-20-24-25-27/h3-10,12-13,16H,11H2,1-2H3,(H,21,28). The number of hydrogen-bond acceptors (Lipinski definition) is 6. The number of rotatable bonds is 6. The molecule has 0 saturated carbocycles. The summed E-state index contributed by atoms with van der Waals surface area (Å²) in [5.74, 6) is 0.938. The Balaban J connectivity index is 1.57. The lowest BCUT2D eigenvalue weighted by Gasteiger charge is -2.19. The van der Waals surface area contributed by atoms with E-state index in [4.69, 9.17) is 0 Å². The van der Waals surface area contributed by atoms with Gasteiger partial charge >= 0.3 is 0 Å². The molecule has 0 radical (unpaired) electrons. The molecule has 0 spiro atoms. The van der Waals surface area contributed by atoms with Crippen LogP contribution in [0, 0.1) is 5.92 Å². The van der Waals surface area contributed by atoms with Crippen molar-refractivity contribution in [3.63, 3.8) is 0 Å². The highest BCUT2D eigenvalue weighted by Gasteiger charge is 2.22. The Kier molecular flexibility index (Phi) is 4.79. The van der Waals surface area contributed by atoms with Crippen LogP contribution in [0.25, 0.3) is 11.3 Å². The summed E-state index contributed by atoms with van der Waals surface area (Å²) in [6.45, 7) is 4.23. The highest BCUT2D eigenvalue weighted by atomic mass is 16.1. The van der Waals surface area contributed by atoms with E-state index >= 15 is 0 Å². The molecule has 4 rings (SSSR count). The Morgan fingerprint density at radius 2 is 1.93 bits per heavy atom. The zero-order valence-corrected chi connectivity index (χ0v) is 15.6. The molecular formula is C19H20N8O. The largest absolute Gasteiger partial charge is 0.342 e. The van der Waals surface area contributed by atoms with Gasteiger partial charge in [0.15, 0.2) is 11.5 Å². The van der Waals surface area contributed by atoms with Crippen molar-refractivity contribution in [3.8, 4) is 5.69 Å². The molecule has 1 unspecified atom stereocenters. The van der Waals surface area contributed by atoms with Gasteiger partial charge in [0.1, 0.15) is 6.33 Å². The molecular weight excluding hydrogens is 356 g/mol. The van der Waals surface area contributed by atoms with E-state index in [-0.39, 0.29) is 11.9 Å². The number of carbonyl (C=O) groups excluding carboxylic acids is 1. The molecule has 0 aliphatic rings. The molecule has 0 saturated heterocycles. The SMILES string of the molecule is CC(C)CC(NC(=O)c1ccc(-n2cnnn2)cc1)c1nnc2ccccn12. The lowest BCUT2D eigenvalue weighted by Crippen LogP contribution is -2.31. The van der Waals surface area contributed by atoms with Crippen LogP contribution >= 0.6 is 0 Å². The predicted molar refractivity (Wildman–Crippen MR) is 102 cm³/mol. The van der Waals surface area contributed by atoms with Crippen LogP contribution < -0.4 is 5.32 Å². The van der Waals surface area contributed by atoms with Crippen LogP contribution in [0.5, 0.6) is 0 Å². The molecule has 9 nitrogen and oxygen atoms in total. The molecule has 0 aliphatic carbocycles. The van der Waals surface area contributed by atoms with Crippen molar-refractivity contribution in [2.45, 2.75) is 26.3 Å². The van der Waals surface area contributed by atoms with E-state index < -0.39 is 0 Å². The maximum Gasteiger partial charge on any atom is 0.251 e. The number of hydrogen-bond donors (Lipinski definition) is 1. The highest BCUT2D eigenvalue weighted by Crippen LogP contribution is 2.21. The maximum absolute atomic E-state index is 12.8. The minimum atomic E-state index is -0.246. The van der Waals surface area contributed by atoms with Crippen molar-refractivity contribution in [3.05, 3.63) is 66.4 Å². The molecule has 0 aliphatic heterocycles. The summed E-state index contributed by atoms with van der Waals surface area (Å²) < 4.78 is 3.44. The van der Waals surface area contributed by atoms with Gasteiger partial charge in [0.25, 0.3) is 5.91 Å². The molecule has 1 atom stereocenters. The van der Waals surface area contributed by atoms with Gasteiger partial charge in [0, 0.05) is 11.8 Å². The van der Waals surface area contributed by atoms with Crippen molar-refractivity contribution in [2.75, 3.05) is 0 Å². The average Bonchev–Trinajstić information content (AvgIpc) is 3.37. The Morgan fingerprint density at radius 3 is 2.64 bits per heavy atom. The molecule has 1 N–H and O–H groups in total. The number of amides is 1. The third kappa shape index (κ3) is 3.59. The fourth-order valence-electron chi connectivity index (χ4n) is 3.08. The molecule has 3 aromatic heterocycles.